The third-order valence-electron chi connectivity index (χ3n) is 3.30. The number of carbonyl (C=O) groups is 2. The van der Waals surface area contributed by atoms with Crippen molar-refractivity contribution in [1.29, 1.82) is 0 Å². The molecule has 2 aromatic rings. The second kappa shape index (κ2) is 5.68. The van der Waals surface area contributed by atoms with Crippen molar-refractivity contribution in [3.63, 3.8) is 0 Å². The molecular formula is C15H9ClFN2O3S. The van der Waals surface area contributed by atoms with E-state index in [0.717, 1.165) is 11.0 Å². The Labute approximate surface area is 139 Å². The van der Waals surface area contributed by atoms with Crippen LogP contribution in [0.25, 0.3) is 11.3 Å². The van der Waals surface area contributed by atoms with Crippen molar-refractivity contribution in [3.8, 4) is 0 Å². The first kappa shape index (κ1) is 15.5. The van der Waals surface area contributed by atoms with Crippen molar-refractivity contribution in [3.05, 3.63) is 58.0 Å². The smallest absolute Gasteiger partial charge is 0.326 e. The molecule has 1 radical (unpaired) electrons. The van der Waals surface area contributed by atoms with Crippen LogP contribution in [-0.2, 0) is 9.53 Å². The Hall–Kier alpha value is -2.38. The molecule has 0 saturated carbocycles. The van der Waals surface area contributed by atoms with E-state index in [0.29, 0.717) is 4.88 Å². The number of nitrogens with zero attached hydrogens (tertiary/aromatic N) is 1. The summed E-state index contributed by atoms with van der Waals surface area (Å²) in [6, 6.07) is 4.72. The van der Waals surface area contributed by atoms with Gasteiger partial charge in [0.15, 0.2) is 0 Å². The largest absolute Gasteiger partial charge is 0.488 e. The average molecular weight is 352 g/mol. The number of imide groups is 1. The van der Waals surface area contributed by atoms with Crippen LogP contribution in [0.2, 0.25) is 5.02 Å². The minimum absolute atomic E-state index is 0.00631. The number of primary amides is 1. The normalized spacial score (nSPS) is 15.6. The maximum atomic E-state index is 13.9. The average Bonchev–Trinajstić information content (AvgIpc) is 3.09. The summed E-state index contributed by atoms with van der Waals surface area (Å²) in [5.41, 5.74) is 5.55. The number of rotatable bonds is 2. The number of fused-ring (bicyclic) bond motifs is 1. The number of nitrogens with two attached hydrogens (primary N) is 1. The first-order chi connectivity index (χ1) is 11.0. The minimum Gasteiger partial charge on any atom is -0.488 e. The van der Waals surface area contributed by atoms with Gasteiger partial charge >= 0.3 is 6.03 Å². The molecular weight excluding hydrogens is 343 g/mol. The van der Waals surface area contributed by atoms with E-state index in [4.69, 9.17) is 22.1 Å². The molecule has 1 aromatic carbocycles. The number of hydrogen-bond acceptors (Lipinski definition) is 4. The maximum absolute atomic E-state index is 13.9. The van der Waals surface area contributed by atoms with Crippen molar-refractivity contribution < 1.29 is 18.7 Å². The lowest BCUT2D eigenvalue weighted by Crippen LogP contribution is -2.38. The zero-order chi connectivity index (χ0) is 16.7. The minimum atomic E-state index is -0.997. The topological polar surface area (TPSA) is 72.6 Å². The van der Waals surface area contributed by atoms with Gasteiger partial charge in [-0.05, 0) is 23.6 Å². The lowest BCUT2D eigenvalue weighted by molar-refractivity contribution is -0.112. The first-order valence-electron chi connectivity index (χ1n) is 6.29. The Bertz CT molecular complexity index is 849. The van der Waals surface area contributed by atoms with Crippen molar-refractivity contribution in [2.75, 3.05) is 4.90 Å². The van der Waals surface area contributed by atoms with Crippen LogP contribution in [0.15, 0.2) is 29.6 Å². The molecule has 8 heteroatoms. The molecule has 1 aliphatic heterocycles. The molecule has 3 rings (SSSR count). The van der Waals surface area contributed by atoms with E-state index in [1.54, 1.807) is 17.5 Å². The molecule has 0 bridgehead atoms. The highest BCUT2D eigenvalue weighted by atomic mass is 35.5. The molecule has 0 saturated heterocycles. The van der Waals surface area contributed by atoms with Gasteiger partial charge in [0.25, 0.3) is 5.91 Å². The van der Waals surface area contributed by atoms with E-state index in [1.165, 1.54) is 17.4 Å². The molecule has 0 atom stereocenters. The molecule has 0 spiro atoms. The van der Waals surface area contributed by atoms with Crippen molar-refractivity contribution >= 4 is 51.9 Å². The van der Waals surface area contributed by atoms with Gasteiger partial charge in [-0.25, -0.2) is 14.1 Å². The van der Waals surface area contributed by atoms with E-state index >= 15 is 0 Å². The quantitative estimate of drug-likeness (QED) is 0.663. The molecule has 0 aliphatic carbocycles. The van der Waals surface area contributed by atoms with Crippen LogP contribution in [0.3, 0.4) is 0 Å². The number of halogens is 2. The fourth-order valence-corrected chi connectivity index (χ4v) is 3.26. The second-order valence-corrected chi connectivity index (χ2v) is 5.94. The molecule has 5 nitrogen and oxygen atoms in total. The van der Waals surface area contributed by atoms with Gasteiger partial charge in [0.05, 0.1) is 21.2 Å². The highest BCUT2D eigenvalue weighted by molar-refractivity contribution is 7.11. The highest BCUT2D eigenvalue weighted by Crippen LogP contribution is 2.43. The summed E-state index contributed by atoms with van der Waals surface area (Å²) in [5, 5.41) is 1.56. The summed E-state index contributed by atoms with van der Waals surface area (Å²) in [5.74, 6) is -1.31. The van der Waals surface area contributed by atoms with Crippen LogP contribution in [0.5, 0.6) is 0 Å². The number of carbonyl (C=O) groups excluding carboxylic acids is 2. The Kier molecular flexibility index (Phi) is 3.83. The van der Waals surface area contributed by atoms with Crippen molar-refractivity contribution in [2.24, 2.45) is 5.73 Å². The third-order valence-corrected chi connectivity index (χ3v) is 4.46. The fraction of sp³-hybridized carbons (Fsp3) is 0. The Morgan fingerprint density at radius 2 is 2.17 bits per heavy atom. The number of anilines is 1. The predicted molar refractivity (Wildman–Crippen MR) is 86.1 cm³/mol. The van der Waals surface area contributed by atoms with Gasteiger partial charge in [-0.15, -0.1) is 11.3 Å². The van der Waals surface area contributed by atoms with Crippen LogP contribution < -0.4 is 10.6 Å². The van der Waals surface area contributed by atoms with Gasteiger partial charge in [-0.1, -0.05) is 17.7 Å². The summed E-state index contributed by atoms with van der Waals surface area (Å²) >= 11 is 7.05. The summed E-state index contributed by atoms with van der Waals surface area (Å²) in [4.78, 5) is 25.6. The van der Waals surface area contributed by atoms with Crippen LogP contribution in [0.1, 0.15) is 10.4 Å². The van der Waals surface area contributed by atoms with Gasteiger partial charge in [0.2, 0.25) is 0 Å². The summed E-state index contributed by atoms with van der Waals surface area (Å²) in [6.45, 7) is 0. The van der Waals surface area contributed by atoms with Crippen LogP contribution >= 0.6 is 22.9 Å². The lowest BCUT2D eigenvalue weighted by Gasteiger charge is -2.11. The Morgan fingerprint density at radius 3 is 2.74 bits per heavy atom. The predicted octanol–water partition coefficient (Wildman–Crippen LogP) is 3.64. The molecule has 23 heavy (non-hydrogen) atoms. The Morgan fingerprint density at radius 1 is 1.43 bits per heavy atom. The van der Waals surface area contributed by atoms with E-state index < -0.39 is 17.8 Å². The third kappa shape index (κ3) is 2.38. The standard InChI is InChI=1S/C15H9ClFN2O3S/c1-22-13(11-3-2-4-23-11)12-7-5-9(17)8(16)6-10(7)19(14(12)20)15(18)21/h2-6H,1H2,(H2,18,21). The van der Waals surface area contributed by atoms with Gasteiger partial charge in [-0.2, -0.15) is 0 Å². The number of hydrogen-bond donors (Lipinski definition) is 1. The number of urea groups is 1. The summed E-state index contributed by atoms with van der Waals surface area (Å²) in [6.07, 6.45) is 0. The first-order valence-corrected chi connectivity index (χ1v) is 7.55. The monoisotopic (exact) mass is 351 g/mol. The van der Waals surface area contributed by atoms with Gasteiger partial charge in [0.1, 0.15) is 18.7 Å². The second-order valence-electron chi connectivity index (χ2n) is 4.59. The molecule has 1 aromatic heterocycles. The molecule has 0 unspecified atom stereocenters. The summed E-state index contributed by atoms with van der Waals surface area (Å²) < 4.78 is 18.9. The maximum Gasteiger partial charge on any atom is 0.326 e. The van der Waals surface area contributed by atoms with E-state index in [9.17, 15) is 14.0 Å². The van der Waals surface area contributed by atoms with Crippen molar-refractivity contribution in [2.45, 2.75) is 0 Å². The summed E-state index contributed by atoms with van der Waals surface area (Å²) in [7, 11) is 3.35. The molecule has 2 heterocycles. The van der Waals surface area contributed by atoms with Gasteiger partial charge in [-0.3, -0.25) is 4.79 Å². The molecule has 3 amide bonds. The van der Waals surface area contributed by atoms with E-state index in [1.807, 2.05) is 0 Å². The van der Waals surface area contributed by atoms with Gasteiger partial charge < -0.3 is 10.5 Å². The molecule has 1 aliphatic rings. The number of ether oxygens (including phenoxy) is 1. The Balaban J connectivity index is 2.34. The van der Waals surface area contributed by atoms with Gasteiger partial charge in [0, 0.05) is 5.56 Å². The van der Waals surface area contributed by atoms with E-state index in [-0.39, 0.29) is 27.6 Å². The zero-order valence-electron chi connectivity index (χ0n) is 11.5. The fourth-order valence-electron chi connectivity index (χ4n) is 2.37. The zero-order valence-corrected chi connectivity index (χ0v) is 13.1. The number of amides is 3. The lowest BCUT2D eigenvalue weighted by atomic mass is 10.0. The number of thiophene rings is 1. The molecule has 2 N–H and O–H groups in total. The van der Waals surface area contributed by atoms with Crippen LogP contribution in [-0.4, -0.2) is 11.9 Å². The van der Waals surface area contributed by atoms with Crippen LogP contribution in [0.4, 0.5) is 14.9 Å². The van der Waals surface area contributed by atoms with Crippen molar-refractivity contribution in [1.82, 2.24) is 0 Å². The highest BCUT2D eigenvalue weighted by Gasteiger charge is 2.39. The molecule has 0 fully saturated rings. The number of benzene rings is 1. The van der Waals surface area contributed by atoms with E-state index in [2.05, 4.69) is 7.11 Å². The van der Waals surface area contributed by atoms with Crippen LogP contribution in [0, 0.1) is 12.9 Å². The SMILES string of the molecule is [CH2]OC(=C1C(=O)N(C(N)=O)c2cc(Cl)c(F)cc21)c1cccs1. The molecule has 117 valence electrons.